The van der Waals surface area contributed by atoms with Gasteiger partial charge in [-0.3, -0.25) is 9.59 Å². The molecule has 0 aromatic rings. The summed E-state index contributed by atoms with van der Waals surface area (Å²) in [7, 11) is 0. The maximum atomic E-state index is 11.1. The van der Waals surface area contributed by atoms with Crippen LogP contribution in [0.2, 0.25) is 0 Å². The first kappa shape index (κ1) is 11.4. The average Bonchev–Trinajstić information content (AvgIpc) is 2.58. The second-order valence-electron chi connectivity index (χ2n) is 3.30. The molecule has 5 heteroatoms. The van der Waals surface area contributed by atoms with Gasteiger partial charge in [0, 0.05) is 19.0 Å². The van der Waals surface area contributed by atoms with Crippen LogP contribution in [0.15, 0.2) is 12.2 Å². The Hall–Kier alpha value is -1.65. The number of hydrogen-bond donors (Lipinski definition) is 0. The number of amides is 1. The van der Waals surface area contributed by atoms with Gasteiger partial charge in [0.25, 0.3) is 0 Å². The molecule has 1 aliphatic heterocycles. The van der Waals surface area contributed by atoms with Gasteiger partial charge in [-0.15, -0.1) is 0 Å². The maximum Gasteiger partial charge on any atom is 0.332 e. The largest absolute Gasteiger partial charge is 0.441 e. The second-order valence-corrected chi connectivity index (χ2v) is 3.30. The SMILES string of the molecule is CC(=O)C=CC(=O)OCN1CCCC1=O. The summed E-state index contributed by atoms with van der Waals surface area (Å²) in [6.07, 6.45) is 3.51. The monoisotopic (exact) mass is 211 g/mol. The van der Waals surface area contributed by atoms with Crippen LogP contribution in [-0.4, -0.2) is 35.8 Å². The summed E-state index contributed by atoms with van der Waals surface area (Å²) in [5.41, 5.74) is 0. The molecule has 0 aromatic carbocycles. The molecule has 82 valence electrons. The highest BCUT2D eigenvalue weighted by Crippen LogP contribution is 2.08. The average molecular weight is 211 g/mol. The van der Waals surface area contributed by atoms with Gasteiger partial charge < -0.3 is 9.64 Å². The zero-order valence-corrected chi connectivity index (χ0v) is 8.56. The fourth-order valence-corrected chi connectivity index (χ4v) is 1.22. The number of allylic oxidation sites excluding steroid dienone is 1. The molecular weight excluding hydrogens is 198 g/mol. The van der Waals surface area contributed by atoms with Gasteiger partial charge in [-0.25, -0.2) is 4.79 Å². The number of likely N-dealkylation sites (tertiary alicyclic amines) is 1. The summed E-state index contributed by atoms with van der Waals surface area (Å²) < 4.78 is 4.77. The van der Waals surface area contributed by atoms with Gasteiger partial charge in [0.2, 0.25) is 5.91 Å². The van der Waals surface area contributed by atoms with E-state index in [1.54, 1.807) is 0 Å². The van der Waals surface area contributed by atoms with Gasteiger partial charge in [0.15, 0.2) is 12.5 Å². The molecule has 0 bridgehead atoms. The zero-order chi connectivity index (χ0) is 11.3. The molecular formula is C10H13NO4. The van der Waals surface area contributed by atoms with Crippen molar-refractivity contribution in [1.29, 1.82) is 0 Å². The fraction of sp³-hybridized carbons (Fsp3) is 0.500. The molecule has 0 aliphatic carbocycles. The Bertz CT molecular complexity index is 309. The number of ketones is 1. The Morgan fingerprint density at radius 3 is 2.73 bits per heavy atom. The fourth-order valence-electron chi connectivity index (χ4n) is 1.22. The molecule has 0 spiro atoms. The minimum absolute atomic E-state index is 0.00153. The predicted octanol–water partition coefficient (Wildman–Crippen LogP) is 0.255. The van der Waals surface area contributed by atoms with Crippen molar-refractivity contribution in [2.75, 3.05) is 13.3 Å². The van der Waals surface area contributed by atoms with E-state index in [2.05, 4.69) is 0 Å². The second kappa shape index (κ2) is 5.29. The highest BCUT2D eigenvalue weighted by Gasteiger charge is 2.20. The summed E-state index contributed by atoms with van der Waals surface area (Å²) in [6.45, 7) is 1.94. The van der Waals surface area contributed by atoms with Gasteiger partial charge in [0.1, 0.15) is 0 Å². The molecule has 0 atom stereocenters. The van der Waals surface area contributed by atoms with E-state index in [-0.39, 0.29) is 18.4 Å². The molecule has 0 saturated carbocycles. The first-order valence-electron chi connectivity index (χ1n) is 4.73. The summed E-state index contributed by atoms with van der Waals surface area (Å²) in [5, 5.41) is 0. The molecule has 1 heterocycles. The van der Waals surface area contributed by atoms with Crippen LogP contribution in [0, 0.1) is 0 Å². The van der Waals surface area contributed by atoms with Gasteiger partial charge in [0.05, 0.1) is 0 Å². The molecule has 1 saturated heterocycles. The normalized spacial score (nSPS) is 16.1. The van der Waals surface area contributed by atoms with Crippen LogP contribution in [0.4, 0.5) is 0 Å². The lowest BCUT2D eigenvalue weighted by atomic mass is 10.4. The Kier molecular flexibility index (Phi) is 4.03. The third-order valence-corrected chi connectivity index (χ3v) is 1.99. The van der Waals surface area contributed by atoms with Crippen molar-refractivity contribution in [3.63, 3.8) is 0 Å². The first-order valence-corrected chi connectivity index (χ1v) is 4.73. The number of hydrogen-bond acceptors (Lipinski definition) is 4. The molecule has 5 nitrogen and oxygen atoms in total. The van der Waals surface area contributed by atoms with E-state index < -0.39 is 5.97 Å². The Balaban J connectivity index is 2.27. The molecule has 0 N–H and O–H groups in total. The van der Waals surface area contributed by atoms with E-state index in [0.29, 0.717) is 13.0 Å². The summed E-state index contributed by atoms with van der Waals surface area (Å²) in [6, 6.07) is 0. The number of rotatable bonds is 4. The highest BCUT2D eigenvalue weighted by molar-refractivity contribution is 5.94. The smallest absolute Gasteiger partial charge is 0.332 e. The molecule has 1 aliphatic rings. The van der Waals surface area contributed by atoms with Crippen molar-refractivity contribution < 1.29 is 19.1 Å². The maximum absolute atomic E-state index is 11.1. The van der Waals surface area contributed by atoms with E-state index in [1.807, 2.05) is 0 Å². The number of esters is 1. The van der Waals surface area contributed by atoms with Crippen LogP contribution >= 0.6 is 0 Å². The van der Waals surface area contributed by atoms with Gasteiger partial charge in [-0.1, -0.05) is 0 Å². The summed E-state index contributed by atoms with van der Waals surface area (Å²) in [5.74, 6) is -0.826. The summed E-state index contributed by atoms with van der Waals surface area (Å²) >= 11 is 0. The predicted molar refractivity (Wildman–Crippen MR) is 51.7 cm³/mol. The van der Waals surface area contributed by atoms with Crippen molar-refractivity contribution in [1.82, 2.24) is 4.90 Å². The Morgan fingerprint density at radius 1 is 1.47 bits per heavy atom. The van der Waals surface area contributed by atoms with Crippen molar-refractivity contribution in [2.24, 2.45) is 0 Å². The third kappa shape index (κ3) is 3.93. The minimum Gasteiger partial charge on any atom is -0.441 e. The van der Waals surface area contributed by atoms with Crippen LogP contribution in [0.3, 0.4) is 0 Å². The van der Waals surface area contributed by atoms with Crippen LogP contribution < -0.4 is 0 Å². The van der Waals surface area contributed by atoms with Crippen LogP contribution in [-0.2, 0) is 19.1 Å². The standard InChI is InChI=1S/C10H13NO4/c1-8(12)4-5-10(14)15-7-11-6-2-3-9(11)13/h4-5H,2-3,6-7H2,1H3. The lowest BCUT2D eigenvalue weighted by Gasteiger charge is -2.14. The zero-order valence-electron chi connectivity index (χ0n) is 8.56. The van der Waals surface area contributed by atoms with E-state index >= 15 is 0 Å². The molecule has 0 unspecified atom stereocenters. The number of nitrogens with zero attached hydrogens (tertiary/aromatic N) is 1. The Labute approximate surface area is 87.7 Å². The topological polar surface area (TPSA) is 63.7 Å². The van der Waals surface area contributed by atoms with Gasteiger partial charge >= 0.3 is 5.97 Å². The van der Waals surface area contributed by atoms with Gasteiger partial charge in [-0.2, -0.15) is 0 Å². The van der Waals surface area contributed by atoms with Crippen LogP contribution in [0.25, 0.3) is 0 Å². The molecule has 1 fully saturated rings. The number of ether oxygens (including phenoxy) is 1. The van der Waals surface area contributed by atoms with E-state index in [9.17, 15) is 14.4 Å². The lowest BCUT2D eigenvalue weighted by Crippen LogP contribution is -2.28. The molecule has 0 radical (unpaired) electrons. The van der Waals surface area contributed by atoms with Crippen molar-refractivity contribution >= 4 is 17.7 Å². The van der Waals surface area contributed by atoms with Crippen LogP contribution in [0.5, 0.6) is 0 Å². The number of carbonyl (C=O) groups excluding carboxylic acids is 3. The van der Waals surface area contributed by atoms with Crippen molar-refractivity contribution in [3.05, 3.63) is 12.2 Å². The third-order valence-electron chi connectivity index (χ3n) is 1.99. The van der Waals surface area contributed by atoms with Crippen molar-refractivity contribution in [3.8, 4) is 0 Å². The molecule has 1 rings (SSSR count). The number of carbonyl (C=O) groups is 3. The minimum atomic E-state index is -0.607. The van der Waals surface area contributed by atoms with Gasteiger partial charge in [-0.05, 0) is 19.4 Å². The highest BCUT2D eigenvalue weighted by atomic mass is 16.5. The first-order chi connectivity index (χ1) is 7.09. The lowest BCUT2D eigenvalue weighted by molar-refractivity contribution is -0.146. The molecule has 1 amide bonds. The summed E-state index contributed by atoms with van der Waals surface area (Å²) in [4.78, 5) is 34.1. The van der Waals surface area contributed by atoms with Crippen molar-refractivity contribution in [2.45, 2.75) is 19.8 Å². The van der Waals surface area contributed by atoms with Crippen LogP contribution in [0.1, 0.15) is 19.8 Å². The van der Waals surface area contributed by atoms with E-state index in [0.717, 1.165) is 18.6 Å². The molecule has 0 aromatic heterocycles. The Morgan fingerprint density at radius 2 is 2.20 bits per heavy atom. The van der Waals surface area contributed by atoms with E-state index in [4.69, 9.17) is 4.74 Å². The van der Waals surface area contributed by atoms with E-state index in [1.165, 1.54) is 11.8 Å². The molecule has 15 heavy (non-hydrogen) atoms. The quantitative estimate of drug-likeness (QED) is 0.494.